The van der Waals surface area contributed by atoms with E-state index in [1.165, 1.54) is 24.5 Å². The summed E-state index contributed by atoms with van der Waals surface area (Å²) in [5, 5.41) is 3.48. The summed E-state index contributed by atoms with van der Waals surface area (Å²) in [6, 6.07) is 12.3. The molecule has 0 atom stereocenters. The van der Waals surface area contributed by atoms with E-state index >= 15 is 0 Å². The third-order valence-electron chi connectivity index (χ3n) is 6.21. The smallest absolute Gasteiger partial charge is 0.262 e. The van der Waals surface area contributed by atoms with Crippen molar-refractivity contribution in [2.24, 2.45) is 0 Å². The van der Waals surface area contributed by atoms with Crippen molar-refractivity contribution in [3.63, 3.8) is 0 Å². The van der Waals surface area contributed by atoms with Gasteiger partial charge in [-0.05, 0) is 56.3 Å². The van der Waals surface area contributed by atoms with Crippen LogP contribution in [0.25, 0.3) is 21.8 Å². The summed E-state index contributed by atoms with van der Waals surface area (Å²) in [5.41, 5.74) is 0.531. The summed E-state index contributed by atoms with van der Waals surface area (Å²) >= 11 is 0. The average Bonchev–Trinajstić information content (AvgIpc) is 2.93. The molecule has 0 fully saturated rings. The molecule has 0 aliphatic carbocycles. The molecule has 3 aromatic heterocycles. The summed E-state index contributed by atoms with van der Waals surface area (Å²) < 4.78 is 32.4. The van der Waals surface area contributed by atoms with Crippen molar-refractivity contribution in [1.29, 1.82) is 0 Å². The molecular weight excluding hydrogens is 503 g/mol. The Hall–Kier alpha value is -4.99. The number of anilines is 1. The van der Waals surface area contributed by atoms with E-state index in [2.05, 4.69) is 15.3 Å². The summed E-state index contributed by atoms with van der Waals surface area (Å²) in [7, 11) is 3.10. The molecule has 1 N–H and O–H groups in total. The van der Waals surface area contributed by atoms with Crippen molar-refractivity contribution < 1.29 is 23.4 Å². The average molecular weight is 529 g/mol. The molecule has 5 rings (SSSR count). The molecule has 0 aliphatic heterocycles. The molecule has 198 valence electrons. The van der Waals surface area contributed by atoms with Gasteiger partial charge in [0.1, 0.15) is 28.7 Å². The number of carbonyl (C=O) groups is 1. The molecule has 5 aromatic rings. The second-order valence-corrected chi connectivity index (χ2v) is 9.00. The van der Waals surface area contributed by atoms with Gasteiger partial charge < -0.3 is 24.1 Å². The molecule has 39 heavy (non-hydrogen) atoms. The van der Waals surface area contributed by atoms with E-state index in [1.807, 2.05) is 13.8 Å². The number of aromatic nitrogens is 3. The fraction of sp³-hybridized carbons (Fsp3) is 0.172. The van der Waals surface area contributed by atoms with Crippen LogP contribution in [-0.4, -0.2) is 34.7 Å². The van der Waals surface area contributed by atoms with Gasteiger partial charge in [-0.15, -0.1) is 0 Å². The minimum Gasteiger partial charge on any atom is -0.493 e. The highest BCUT2D eigenvalue weighted by atomic mass is 19.1. The van der Waals surface area contributed by atoms with E-state index in [0.29, 0.717) is 39.4 Å². The Kier molecular flexibility index (Phi) is 6.84. The first-order valence-electron chi connectivity index (χ1n) is 12.1. The minimum absolute atomic E-state index is 0.0648. The molecular formula is C29H25FN4O5. The third kappa shape index (κ3) is 4.96. The van der Waals surface area contributed by atoms with E-state index in [9.17, 15) is 14.0 Å². The summed E-state index contributed by atoms with van der Waals surface area (Å²) in [6.45, 7) is 3.82. The Bertz CT molecular complexity index is 1770. The first-order chi connectivity index (χ1) is 18.8. The third-order valence-corrected chi connectivity index (χ3v) is 6.21. The van der Waals surface area contributed by atoms with Crippen molar-refractivity contribution in [3.8, 4) is 23.0 Å². The lowest BCUT2D eigenvalue weighted by Crippen LogP contribution is -2.24. The zero-order valence-corrected chi connectivity index (χ0v) is 21.7. The van der Waals surface area contributed by atoms with Gasteiger partial charge in [-0.1, -0.05) is 0 Å². The Morgan fingerprint density at radius 3 is 2.41 bits per heavy atom. The van der Waals surface area contributed by atoms with Crippen LogP contribution < -0.4 is 25.0 Å². The van der Waals surface area contributed by atoms with Crippen molar-refractivity contribution >= 4 is 33.5 Å². The van der Waals surface area contributed by atoms with E-state index in [-0.39, 0.29) is 22.8 Å². The fourth-order valence-electron chi connectivity index (χ4n) is 4.28. The van der Waals surface area contributed by atoms with Gasteiger partial charge in [-0.2, -0.15) is 0 Å². The van der Waals surface area contributed by atoms with E-state index in [1.54, 1.807) is 55.3 Å². The predicted octanol–water partition coefficient (Wildman–Crippen LogP) is 5.73. The fourth-order valence-corrected chi connectivity index (χ4v) is 4.28. The van der Waals surface area contributed by atoms with Gasteiger partial charge in [0.25, 0.3) is 5.91 Å². The minimum atomic E-state index is -0.650. The van der Waals surface area contributed by atoms with Crippen LogP contribution >= 0.6 is 0 Å². The van der Waals surface area contributed by atoms with Gasteiger partial charge in [-0.25, -0.2) is 9.37 Å². The van der Waals surface area contributed by atoms with Gasteiger partial charge in [-0.3, -0.25) is 14.6 Å². The quantitative estimate of drug-likeness (QED) is 0.288. The number of hydrogen-bond acceptors (Lipinski definition) is 7. The van der Waals surface area contributed by atoms with Gasteiger partial charge >= 0.3 is 0 Å². The monoisotopic (exact) mass is 528 g/mol. The number of pyridine rings is 3. The first-order valence-corrected chi connectivity index (χ1v) is 12.1. The lowest BCUT2D eigenvalue weighted by Gasteiger charge is -2.16. The number of hydrogen-bond donors (Lipinski definition) is 1. The van der Waals surface area contributed by atoms with Crippen molar-refractivity contribution in [3.05, 3.63) is 88.7 Å². The maximum absolute atomic E-state index is 13.9. The number of amides is 1. The van der Waals surface area contributed by atoms with E-state index < -0.39 is 17.2 Å². The van der Waals surface area contributed by atoms with Crippen LogP contribution in [0.15, 0.2) is 71.9 Å². The van der Waals surface area contributed by atoms with Crippen LogP contribution in [0.1, 0.15) is 30.2 Å². The summed E-state index contributed by atoms with van der Waals surface area (Å²) in [4.78, 5) is 34.7. The number of halogens is 1. The van der Waals surface area contributed by atoms with Crippen molar-refractivity contribution in [1.82, 2.24) is 14.5 Å². The number of fused-ring (bicyclic) bond motifs is 2. The summed E-state index contributed by atoms with van der Waals surface area (Å²) in [6.07, 6.45) is 4.55. The highest BCUT2D eigenvalue weighted by Crippen LogP contribution is 2.36. The first kappa shape index (κ1) is 25.7. The molecule has 3 heterocycles. The van der Waals surface area contributed by atoms with Gasteiger partial charge in [0.15, 0.2) is 11.5 Å². The summed E-state index contributed by atoms with van der Waals surface area (Å²) in [5.74, 6) is 1.04. The highest BCUT2D eigenvalue weighted by Gasteiger charge is 2.18. The molecule has 0 saturated heterocycles. The number of benzene rings is 2. The standard InChI is InChI=1S/C29H25FN4O5/c1-16(2)34-15-21(28(35)20-11-17(30)5-7-23(20)34)29(36)33-27-8-6-18(14-32-27)39-24-9-10-31-22-13-26(38-4)25(37-3)12-19(22)24/h5-16H,1-4H3,(H,32,33,36). The Morgan fingerprint density at radius 1 is 0.949 bits per heavy atom. The van der Waals surface area contributed by atoms with Crippen LogP contribution in [0.5, 0.6) is 23.0 Å². The molecule has 0 unspecified atom stereocenters. The van der Waals surface area contributed by atoms with Crippen LogP contribution in [0, 0.1) is 5.82 Å². The zero-order valence-electron chi connectivity index (χ0n) is 21.7. The van der Waals surface area contributed by atoms with E-state index in [0.717, 1.165) is 6.07 Å². The largest absolute Gasteiger partial charge is 0.493 e. The van der Waals surface area contributed by atoms with Crippen LogP contribution in [-0.2, 0) is 0 Å². The Morgan fingerprint density at radius 2 is 1.72 bits per heavy atom. The van der Waals surface area contributed by atoms with Crippen molar-refractivity contribution in [2.75, 3.05) is 19.5 Å². The normalized spacial score (nSPS) is 11.1. The lowest BCUT2D eigenvalue weighted by molar-refractivity contribution is 0.102. The second kappa shape index (κ2) is 10.4. The zero-order chi connectivity index (χ0) is 27.7. The Labute approximate surface area is 222 Å². The SMILES string of the molecule is COc1cc2nccc(Oc3ccc(NC(=O)c4cn(C(C)C)c5ccc(F)cc5c4=O)nc3)c2cc1OC. The Balaban J connectivity index is 1.40. The molecule has 10 heteroatoms. The number of nitrogens with zero attached hydrogens (tertiary/aromatic N) is 3. The number of rotatable bonds is 7. The van der Waals surface area contributed by atoms with Crippen LogP contribution in [0.3, 0.4) is 0 Å². The molecule has 1 amide bonds. The molecule has 0 bridgehead atoms. The highest BCUT2D eigenvalue weighted by molar-refractivity contribution is 6.05. The predicted molar refractivity (Wildman–Crippen MR) is 146 cm³/mol. The van der Waals surface area contributed by atoms with Crippen molar-refractivity contribution in [2.45, 2.75) is 19.9 Å². The lowest BCUT2D eigenvalue weighted by atomic mass is 10.1. The maximum atomic E-state index is 13.9. The van der Waals surface area contributed by atoms with Gasteiger partial charge in [0, 0.05) is 35.3 Å². The second-order valence-electron chi connectivity index (χ2n) is 9.00. The topological polar surface area (TPSA) is 105 Å². The van der Waals surface area contributed by atoms with Crippen LogP contribution in [0.4, 0.5) is 10.2 Å². The van der Waals surface area contributed by atoms with Gasteiger partial charge in [0.2, 0.25) is 5.43 Å². The number of nitrogens with one attached hydrogen (secondary N) is 1. The number of methoxy groups -OCH3 is 2. The molecule has 0 aliphatic rings. The van der Waals surface area contributed by atoms with E-state index in [4.69, 9.17) is 14.2 Å². The maximum Gasteiger partial charge on any atom is 0.262 e. The molecule has 0 spiro atoms. The van der Waals surface area contributed by atoms with Gasteiger partial charge in [0.05, 0.1) is 31.4 Å². The molecule has 9 nitrogen and oxygen atoms in total. The molecule has 0 radical (unpaired) electrons. The van der Waals surface area contributed by atoms with Crippen LogP contribution in [0.2, 0.25) is 0 Å². The molecule has 0 saturated carbocycles. The molecule has 2 aromatic carbocycles. The number of ether oxygens (including phenoxy) is 3. The number of carbonyl (C=O) groups excluding carboxylic acids is 1.